The molecule has 0 aliphatic carbocycles. The average molecular weight is 317 g/mol. The zero-order valence-electron chi connectivity index (χ0n) is 10.6. The maximum Gasteiger partial charge on any atom is 0.337 e. The number of alkyl halides is 1. The number of hydrogen-bond donors (Lipinski definition) is 0. The van der Waals surface area contributed by atoms with Crippen LogP contribution in [-0.4, -0.2) is 33.4 Å². The monoisotopic (exact) mass is 316 g/mol. The molecule has 0 aromatic heterocycles. The van der Waals surface area contributed by atoms with Gasteiger partial charge in [0.1, 0.15) is 5.75 Å². The van der Waals surface area contributed by atoms with Crippen molar-refractivity contribution in [2.45, 2.75) is 11.8 Å². The van der Waals surface area contributed by atoms with Gasteiger partial charge >= 0.3 is 5.97 Å². The van der Waals surface area contributed by atoms with Crippen LogP contribution in [0.5, 0.6) is 5.75 Å². The Bertz CT molecular complexity index is 393. The molecule has 0 amide bonds. The SMILES string of the molecule is COCCCOc1cc(CBr)cc(C(=O)OC)c1. The summed E-state index contributed by atoms with van der Waals surface area (Å²) in [5, 5.41) is 0.659. The van der Waals surface area contributed by atoms with Crippen LogP contribution in [0.1, 0.15) is 22.3 Å². The molecule has 0 N–H and O–H groups in total. The molecule has 0 fully saturated rings. The highest BCUT2D eigenvalue weighted by molar-refractivity contribution is 9.08. The van der Waals surface area contributed by atoms with E-state index in [2.05, 4.69) is 15.9 Å². The third kappa shape index (κ3) is 4.66. The van der Waals surface area contributed by atoms with Gasteiger partial charge in [-0.25, -0.2) is 4.79 Å². The molecule has 0 saturated heterocycles. The fourth-order valence-electron chi connectivity index (χ4n) is 1.45. The second-order valence-corrected chi connectivity index (χ2v) is 4.25. The van der Waals surface area contributed by atoms with Gasteiger partial charge in [-0.3, -0.25) is 0 Å². The average Bonchev–Trinajstić information content (AvgIpc) is 2.42. The van der Waals surface area contributed by atoms with Crippen LogP contribution < -0.4 is 4.74 Å². The molecule has 1 rings (SSSR count). The number of methoxy groups -OCH3 is 2. The molecule has 0 aliphatic heterocycles. The van der Waals surface area contributed by atoms with E-state index in [-0.39, 0.29) is 5.97 Å². The first-order valence-corrected chi connectivity index (χ1v) is 6.73. The van der Waals surface area contributed by atoms with Crippen molar-refractivity contribution in [1.82, 2.24) is 0 Å². The topological polar surface area (TPSA) is 44.8 Å². The Morgan fingerprint density at radius 3 is 2.61 bits per heavy atom. The molecule has 18 heavy (non-hydrogen) atoms. The molecule has 0 radical (unpaired) electrons. The van der Waals surface area contributed by atoms with Crippen LogP contribution in [0.15, 0.2) is 18.2 Å². The van der Waals surface area contributed by atoms with Crippen molar-refractivity contribution in [3.8, 4) is 5.75 Å². The summed E-state index contributed by atoms with van der Waals surface area (Å²) in [5.41, 5.74) is 1.47. The second kappa shape index (κ2) is 8.11. The number of ether oxygens (including phenoxy) is 3. The smallest absolute Gasteiger partial charge is 0.337 e. The van der Waals surface area contributed by atoms with Crippen molar-refractivity contribution in [2.75, 3.05) is 27.4 Å². The van der Waals surface area contributed by atoms with E-state index in [1.807, 2.05) is 6.07 Å². The summed E-state index contributed by atoms with van der Waals surface area (Å²) in [7, 11) is 3.02. The van der Waals surface area contributed by atoms with Crippen LogP contribution in [0, 0.1) is 0 Å². The Hall–Kier alpha value is -1.07. The van der Waals surface area contributed by atoms with Crippen LogP contribution in [0.25, 0.3) is 0 Å². The van der Waals surface area contributed by atoms with Crippen molar-refractivity contribution in [1.29, 1.82) is 0 Å². The van der Waals surface area contributed by atoms with Crippen LogP contribution in [0.4, 0.5) is 0 Å². The van der Waals surface area contributed by atoms with Crippen LogP contribution in [0.2, 0.25) is 0 Å². The molecule has 5 heteroatoms. The lowest BCUT2D eigenvalue weighted by molar-refractivity contribution is 0.0600. The van der Waals surface area contributed by atoms with E-state index in [0.717, 1.165) is 12.0 Å². The summed E-state index contributed by atoms with van der Waals surface area (Å²) in [6.45, 7) is 1.21. The zero-order valence-corrected chi connectivity index (χ0v) is 12.2. The minimum absolute atomic E-state index is 0.362. The summed E-state index contributed by atoms with van der Waals surface area (Å²) < 4.78 is 15.2. The molecular weight excluding hydrogens is 300 g/mol. The van der Waals surface area contributed by atoms with Gasteiger partial charge in [-0.05, 0) is 23.8 Å². The summed E-state index contributed by atoms with van der Waals surface area (Å²) in [4.78, 5) is 11.5. The van der Waals surface area contributed by atoms with Gasteiger partial charge < -0.3 is 14.2 Å². The highest BCUT2D eigenvalue weighted by Gasteiger charge is 2.09. The molecule has 0 saturated carbocycles. The maximum atomic E-state index is 11.5. The van der Waals surface area contributed by atoms with Gasteiger partial charge in [0, 0.05) is 25.5 Å². The van der Waals surface area contributed by atoms with Gasteiger partial charge in [-0.1, -0.05) is 15.9 Å². The fourth-order valence-corrected chi connectivity index (χ4v) is 1.77. The van der Waals surface area contributed by atoms with Gasteiger partial charge in [0.15, 0.2) is 0 Å². The molecule has 0 bridgehead atoms. The Morgan fingerprint density at radius 1 is 1.22 bits per heavy atom. The summed E-state index contributed by atoms with van der Waals surface area (Å²) in [5.74, 6) is 0.308. The van der Waals surface area contributed by atoms with E-state index in [0.29, 0.717) is 29.9 Å². The first kappa shape index (κ1) is 15.0. The minimum Gasteiger partial charge on any atom is -0.493 e. The first-order chi connectivity index (χ1) is 8.71. The maximum absolute atomic E-state index is 11.5. The Kier molecular flexibility index (Phi) is 6.75. The van der Waals surface area contributed by atoms with Gasteiger partial charge in [0.05, 0.1) is 19.3 Å². The fraction of sp³-hybridized carbons (Fsp3) is 0.462. The van der Waals surface area contributed by atoms with Crippen LogP contribution >= 0.6 is 15.9 Å². The van der Waals surface area contributed by atoms with Crippen molar-refractivity contribution in [3.63, 3.8) is 0 Å². The number of benzene rings is 1. The van der Waals surface area contributed by atoms with E-state index < -0.39 is 0 Å². The molecule has 0 atom stereocenters. The largest absolute Gasteiger partial charge is 0.493 e. The number of rotatable bonds is 7. The number of esters is 1. The highest BCUT2D eigenvalue weighted by atomic mass is 79.9. The molecule has 1 aromatic rings. The Balaban J connectivity index is 2.74. The summed E-state index contributed by atoms with van der Waals surface area (Å²) >= 11 is 3.36. The predicted molar refractivity (Wildman–Crippen MR) is 72.4 cm³/mol. The third-order valence-corrected chi connectivity index (χ3v) is 2.95. The Morgan fingerprint density at radius 2 is 2.00 bits per heavy atom. The Labute approximate surface area is 115 Å². The highest BCUT2D eigenvalue weighted by Crippen LogP contribution is 2.20. The minimum atomic E-state index is -0.362. The van der Waals surface area contributed by atoms with Crippen molar-refractivity contribution >= 4 is 21.9 Å². The molecule has 0 spiro atoms. The molecule has 0 heterocycles. The van der Waals surface area contributed by atoms with Crippen molar-refractivity contribution in [3.05, 3.63) is 29.3 Å². The number of carbonyl (C=O) groups is 1. The van der Waals surface area contributed by atoms with E-state index in [1.165, 1.54) is 7.11 Å². The first-order valence-electron chi connectivity index (χ1n) is 5.61. The normalized spacial score (nSPS) is 10.2. The van der Waals surface area contributed by atoms with Crippen molar-refractivity contribution < 1.29 is 19.0 Å². The van der Waals surface area contributed by atoms with E-state index >= 15 is 0 Å². The molecule has 1 aromatic carbocycles. The molecule has 4 nitrogen and oxygen atoms in total. The van der Waals surface area contributed by atoms with E-state index in [9.17, 15) is 4.79 Å². The standard InChI is InChI=1S/C13H17BrO4/c1-16-4-3-5-18-12-7-10(9-14)6-11(8-12)13(15)17-2/h6-8H,3-5,9H2,1-2H3. The second-order valence-electron chi connectivity index (χ2n) is 3.69. The predicted octanol–water partition coefficient (Wildman–Crippen LogP) is 2.78. The van der Waals surface area contributed by atoms with Gasteiger partial charge in [-0.2, -0.15) is 0 Å². The van der Waals surface area contributed by atoms with Gasteiger partial charge in [-0.15, -0.1) is 0 Å². The lowest BCUT2D eigenvalue weighted by Crippen LogP contribution is -2.05. The van der Waals surface area contributed by atoms with Crippen LogP contribution in [0.3, 0.4) is 0 Å². The van der Waals surface area contributed by atoms with Gasteiger partial charge in [0.2, 0.25) is 0 Å². The summed E-state index contributed by atoms with van der Waals surface area (Å²) in [6, 6.07) is 5.36. The number of halogens is 1. The third-order valence-electron chi connectivity index (χ3n) is 2.30. The van der Waals surface area contributed by atoms with Gasteiger partial charge in [0.25, 0.3) is 0 Å². The zero-order chi connectivity index (χ0) is 13.4. The number of carbonyl (C=O) groups excluding carboxylic acids is 1. The quantitative estimate of drug-likeness (QED) is 0.441. The van der Waals surface area contributed by atoms with E-state index in [4.69, 9.17) is 14.2 Å². The van der Waals surface area contributed by atoms with Crippen LogP contribution in [-0.2, 0) is 14.8 Å². The summed E-state index contributed by atoms with van der Waals surface area (Å²) in [6.07, 6.45) is 0.808. The lowest BCUT2D eigenvalue weighted by atomic mass is 10.1. The van der Waals surface area contributed by atoms with E-state index in [1.54, 1.807) is 19.2 Å². The number of hydrogen-bond acceptors (Lipinski definition) is 4. The molecule has 0 unspecified atom stereocenters. The molecule has 100 valence electrons. The lowest BCUT2D eigenvalue weighted by Gasteiger charge is -2.09. The molecule has 0 aliphatic rings. The van der Waals surface area contributed by atoms with Crippen molar-refractivity contribution in [2.24, 2.45) is 0 Å². The molecular formula is C13H17BrO4.